The highest BCUT2D eigenvalue weighted by atomic mass is 35.5. The van der Waals surface area contributed by atoms with Crippen LogP contribution in [0.15, 0.2) is 36.4 Å². The molecule has 0 unspecified atom stereocenters. The number of nitro benzene ring substituents is 1. The second kappa shape index (κ2) is 7.72. The maximum atomic E-state index is 12.9. The number of nitro groups is 1. The topological polar surface area (TPSA) is 85.1 Å². The molecule has 2 aromatic carbocycles. The summed E-state index contributed by atoms with van der Waals surface area (Å²) in [6.07, 6.45) is -4.25. The monoisotopic (exact) mass is 429 g/mol. The first-order valence-electron chi connectivity index (χ1n) is 7.84. The average molecular weight is 430 g/mol. The number of carbonyl (C=O) groups excluding carboxylic acids is 1. The van der Waals surface area contributed by atoms with E-state index in [0.717, 1.165) is 5.56 Å². The van der Waals surface area contributed by atoms with Gasteiger partial charge in [-0.05, 0) is 30.2 Å². The molecule has 0 radical (unpaired) electrons. The van der Waals surface area contributed by atoms with Gasteiger partial charge in [-0.2, -0.15) is 13.2 Å². The summed E-state index contributed by atoms with van der Waals surface area (Å²) in [6.45, 7) is 0.256. The lowest BCUT2D eigenvalue weighted by molar-refractivity contribution is -0.383. The third-order valence-electron chi connectivity index (χ3n) is 3.80. The van der Waals surface area contributed by atoms with Crippen LogP contribution < -0.4 is 5.32 Å². The van der Waals surface area contributed by atoms with Crippen molar-refractivity contribution in [1.29, 1.82) is 0 Å². The molecule has 0 aliphatic carbocycles. The zero-order chi connectivity index (χ0) is 20.5. The van der Waals surface area contributed by atoms with E-state index in [-0.39, 0.29) is 21.8 Å². The van der Waals surface area contributed by atoms with E-state index in [9.17, 15) is 28.1 Å². The van der Waals surface area contributed by atoms with Crippen molar-refractivity contribution in [1.82, 2.24) is 10.3 Å². The molecule has 1 aromatic heterocycles. The lowest BCUT2D eigenvalue weighted by atomic mass is 10.1. The molecule has 0 spiro atoms. The van der Waals surface area contributed by atoms with Crippen LogP contribution in [0.5, 0.6) is 0 Å². The Bertz CT molecular complexity index is 1050. The maximum absolute atomic E-state index is 12.9. The third kappa shape index (κ3) is 4.39. The number of carbonyl (C=O) groups is 1. The van der Waals surface area contributed by atoms with Crippen LogP contribution in [0.3, 0.4) is 0 Å². The zero-order valence-electron chi connectivity index (χ0n) is 13.9. The molecule has 1 amide bonds. The van der Waals surface area contributed by atoms with Crippen molar-refractivity contribution in [2.45, 2.75) is 12.6 Å². The molecule has 1 heterocycles. The normalized spacial score (nSPS) is 11.6. The molecule has 0 aliphatic heterocycles. The number of fused-ring (bicyclic) bond motifs is 1. The second-order valence-corrected chi connectivity index (χ2v) is 7.19. The summed E-state index contributed by atoms with van der Waals surface area (Å²) in [7, 11) is 0. The van der Waals surface area contributed by atoms with Gasteiger partial charge in [-0.1, -0.05) is 23.7 Å². The summed E-state index contributed by atoms with van der Waals surface area (Å²) in [5.41, 5.74) is -1.23. The molecule has 11 heteroatoms. The molecule has 0 fully saturated rings. The minimum absolute atomic E-state index is 0.0825. The number of non-ortho nitro benzene ring substituents is 1. The first-order valence-corrected chi connectivity index (χ1v) is 9.03. The van der Waals surface area contributed by atoms with E-state index in [1.54, 1.807) is 24.3 Å². The molecule has 28 heavy (non-hydrogen) atoms. The Kier molecular flexibility index (Phi) is 5.52. The number of nitrogens with zero attached hydrogens (tertiary/aromatic N) is 2. The Labute approximate surface area is 165 Å². The Morgan fingerprint density at radius 3 is 2.54 bits per heavy atom. The molecular weight excluding hydrogens is 419 g/mol. The summed E-state index contributed by atoms with van der Waals surface area (Å²) < 4.78 is 38.7. The van der Waals surface area contributed by atoms with E-state index in [4.69, 9.17) is 11.6 Å². The number of benzene rings is 2. The van der Waals surface area contributed by atoms with Crippen molar-refractivity contribution in [2.75, 3.05) is 6.54 Å². The van der Waals surface area contributed by atoms with Crippen LogP contribution >= 0.6 is 22.9 Å². The molecule has 1 N–H and O–H groups in total. The fraction of sp³-hybridized carbons (Fsp3) is 0.176. The number of nitrogens with one attached hydrogen (secondary N) is 1. The van der Waals surface area contributed by atoms with Gasteiger partial charge in [0, 0.05) is 17.6 Å². The Hall–Kier alpha value is -2.72. The van der Waals surface area contributed by atoms with Gasteiger partial charge in [0.25, 0.3) is 11.6 Å². The number of hydrogen-bond donors (Lipinski definition) is 1. The van der Waals surface area contributed by atoms with E-state index in [1.165, 1.54) is 0 Å². The lowest BCUT2D eigenvalue weighted by Crippen LogP contribution is -2.25. The largest absolute Gasteiger partial charge is 0.416 e. The smallest absolute Gasteiger partial charge is 0.350 e. The van der Waals surface area contributed by atoms with E-state index < -0.39 is 28.3 Å². The van der Waals surface area contributed by atoms with Crippen LogP contribution in [0.25, 0.3) is 10.2 Å². The number of amides is 1. The van der Waals surface area contributed by atoms with Gasteiger partial charge in [0.1, 0.15) is 4.70 Å². The number of alkyl halides is 3. The summed E-state index contributed by atoms with van der Waals surface area (Å²) in [6, 6.07) is 8.17. The predicted molar refractivity (Wildman–Crippen MR) is 98.8 cm³/mol. The van der Waals surface area contributed by atoms with Crippen molar-refractivity contribution >= 4 is 44.7 Å². The second-order valence-electron chi connectivity index (χ2n) is 5.75. The summed E-state index contributed by atoms with van der Waals surface area (Å²) in [5, 5.41) is 14.2. The van der Waals surface area contributed by atoms with Gasteiger partial charge in [-0.3, -0.25) is 14.9 Å². The predicted octanol–water partition coefficient (Wildman–Crippen LogP) is 4.85. The van der Waals surface area contributed by atoms with Crippen LogP contribution in [0.4, 0.5) is 18.9 Å². The fourth-order valence-corrected chi connectivity index (χ4v) is 3.53. The lowest BCUT2D eigenvalue weighted by Gasteiger charge is -2.05. The van der Waals surface area contributed by atoms with Gasteiger partial charge < -0.3 is 5.32 Å². The number of hydrogen-bond acceptors (Lipinski definition) is 5. The Morgan fingerprint density at radius 1 is 1.25 bits per heavy atom. The maximum Gasteiger partial charge on any atom is 0.416 e. The molecule has 146 valence electrons. The van der Waals surface area contributed by atoms with E-state index in [1.807, 2.05) is 0 Å². The molecule has 0 atom stereocenters. The van der Waals surface area contributed by atoms with Gasteiger partial charge in [0.2, 0.25) is 0 Å². The van der Waals surface area contributed by atoms with Gasteiger partial charge >= 0.3 is 6.18 Å². The van der Waals surface area contributed by atoms with Gasteiger partial charge in [-0.15, -0.1) is 11.3 Å². The molecular formula is C17H11ClF3N3O3S. The number of thiazole rings is 1. The summed E-state index contributed by atoms with van der Waals surface area (Å²) in [5.74, 6) is -0.613. The van der Waals surface area contributed by atoms with Gasteiger partial charge in [0.15, 0.2) is 5.01 Å². The highest BCUT2D eigenvalue weighted by Gasteiger charge is 2.34. The van der Waals surface area contributed by atoms with Crippen molar-refractivity contribution < 1.29 is 22.9 Å². The molecule has 0 bridgehead atoms. The average Bonchev–Trinajstić information content (AvgIpc) is 3.05. The Balaban J connectivity index is 1.80. The number of aromatic nitrogens is 1. The molecule has 0 aliphatic rings. The minimum Gasteiger partial charge on any atom is -0.350 e. The van der Waals surface area contributed by atoms with Crippen molar-refractivity contribution in [3.05, 3.63) is 67.7 Å². The zero-order valence-corrected chi connectivity index (χ0v) is 15.5. The standard InChI is InChI=1S/C17H11ClF3N3O3S/c18-11-3-1-9(2-4-11)5-6-22-15(25)16-23-12-7-10(17(19,20)21)8-13(24(26)27)14(12)28-16/h1-4,7-8H,5-6H2,(H,22,25). The molecule has 0 saturated carbocycles. The van der Waals surface area contributed by atoms with Gasteiger partial charge in [0.05, 0.1) is 16.0 Å². The van der Waals surface area contributed by atoms with Crippen LogP contribution in [-0.2, 0) is 12.6 Å². The first-order chi connectivity index (χ1) is 13.1. The van der Waals surface area contributed by atoms with Crippen LogP contribution in [-0.4, -0.2) is 22.4 Å². The van der Waals surface area contributed by atoms with Crippen LogP contribution in [0.2, 0.25) is 5.02 Å². The van der Waals surface area contributed by atoms with E-state index >= 15 is 0 Å². The highest BCUT2D eigenvalue weighted by Crippen LogP contribution is 2.38. The highest BCUT2D eigenvalue weighted by molar-refractivity contribution is 7.20. The van der Waals surface area contributed by atoms with Crippen molar-refractivity contribution in [3.8, 4) is 0 Å². The first kappa shape index (κ1) is 20.0. The van der Waals surface area contributed by atoms with E-state index in [0.29, 0.717) is 34.9 Å². The van der Waals surface area contributed by atoms with Crippen LogP contribution in [0.1, 0.15) is 20.9 Å². The SMILES string of the molecule is O=C(NCCc1ccc(Cl)cc1)c1nc2cc(C(F)(F)F)cc([N+](=O)[O-])c2s1. The Morgan fingerprint density at radius 2 is 1.93 bits per heavy atom. The van der Waals surface area contributed by atoms with Crippen molar-refractivity contribution in [3.63, 3.8) is 0 Å². The summed E-state index contributed by atoms with van der Waals surface area (Å²) >= 11 is 6.47. The number of halogens is 4. The number of rotatable bonds is 5. The van der Waals surface area contributed by atoms with Crippen molar-refractivity contribution in [2.24, 2.45) is 0 Å². The van der Waals surface area contributed by atoms with Crippen LogP contribution in [0, 0.1) is 10.1 Å². The third-order valence-corrected chi connectivity index (χ3v) is 5.15. The van der Waals surface area contributed by atoms with E-state index in [2.05, 4.69) is 10.3 Å². The molecule has 3 aromatic rings. The molecule has 6 nitrogen and oxygen atoms in total. The molecule has 0 saturated heterocycles. The fourth-order valence-electron chi connectivity index (χ4n) is 2.46. The van der Waals surface area contributed by atoms with Gasteiger partial charge in [-0.25, -0.2) is 4.98 Å². The molecule has 3 rings (SSSR count). The quantitative estimate of drug-likeness (QED) is 0.464. The summed E-state index contributed by atoms with van der Waals surface area (Å²) in [4.78, 5) is 26.3. The minimum atomic E-state index is -4.76.